The van der Waals surface area contributed by atoms with E-state index in [2.05, 4.69) is 0 Å². The van der Waals surface area contributed by atoms with Crippen molar-refractivity contribution in [2.45, 2.75) is 17.7 Å². The molecule has 18 heavy (non-hydrogen) atoms. The molecule has 0 N–H and O–H groups in total. The highest BCUT2D eigenvalue weighted by Crippen LogP contribution is 2.32. The van der Waals surface area contributed by atoms with Crippen LogP contribution in [0.25, 0.3) is 0 Å². The minimum atomic E-state index is 0.129. The number of halogens is 1. The number of hydrogen-bond donors (Lipinski definition) is 0. The number of thiophene rings is 1. The van der Waals surface area contributed by atoms with Gasteiger partial charge in [0.1, 0.15) is 0 Å². The molecule has 2 aliphatic heterocycles. The van der Waals surface area contributed by atoms with Crippen molar-refractivity contribution in [3.8, 4) is 0 Å². The van der Waals surface area contributed by atoms with Crippen molar-refractivity contribution in [2.75, 3.05) is 25.5 Å². The Hall–Kier alpha value is -0.230. The quantitative estimate of drug-likeness (QED) is 0.799. The van der Waals surface area contributed by atoms with Gasteiger partial charge in [-0.2, -0.15) is 11.8 Å². The Balaban J connectivity index is 1.79. The van der Waals surface area contributed by atoms with Gasteiger partial charge in [-0.05, 0) is 18.6 Å². The number of hydrogen-bond acceptors (Lipinski definition) is 4. The number of rotatable bonds is 1. The molecule has 3 rings (SSSR count). The van der Waals surface area contributed by atoms with Gasteiger partial charge in [0.15, 0.2) is 0 Å². The maximum absolute atomic E-state index is 12.5. The first-order valence-corrected chi connectivity index (χ1v) is 8.25. The smallest absolute Gasteiger partial charge is 0.264 e. The highest BCUT2D eigenvalue weighted by Gasteiger charge is 2.37. The van der Waals surface area contributed by atoms with E-state index in [1.807, 2.05) is 22.7 Å². The van der Waals surface area contributed by atoms with E-state index < -0.39 is 0 Å². The van der Waals surface area contributed by atoms with Crippen LogP contribution in [0.3, 0.4) is 0 Å². The molecule has 6 heteroatoms. The zero-order valence-corrected chi connectivity index (χ0v) is 12.2. The summed E-state index contributed by atoms with van der Waals surface area (Å²) in [5, 5.41) is 0.437. The van der Waals surface area contributed by atoms with Crippen LogP contribution >= 0.6 is 34.7 Å². The van der Waals surface area contributed by atoms with Gasteiger partial charge in [-0.3, -0.25) is 4.79 Å². The Labute approximate surface area is 119 Å². The van der Waals surface area contributed by atoms with Gasteiger partial charge < -0.3 is 9.64 Å². The molecule has 98 valence electrons. The monoisotopic (exact) mass is 303 g/mol. The molecule has 0 saturated carbocycles. The van der Waals surface area contributed by atoms with E-state index in [9.17, 15) is 4.79 Å². The summed E-state index contributed by atoms with van der Waals surface area (Å²) in [6, 6.07) is 3.94. The van der Waals surface area contributed by atoms with E-state index in [-0.39, 0.29) is 5.91 Å². The van der Waals surface area contributed by atoms with Crippen molar-refractivity contribution < 1.29 is 9.53 Å². The third-order valence-corrected chi connectivity index (χ3v) is 5.89. The molecule has 0 aliphatic carbocycles. The lowest BCUT2D eigenvalue weighted by atomic mass is 10.1. The van der Waals surface area contributed by atoms with E-state index >= 15 is 0 Å². The van der Waals surface area contributed by atoms with Gasteiger partial charge in [-0.25, -0.2) is 0 Å². The second kappa shape index (κ2) is 5.41. The highest BCUT2D eigenvalue weighted by molar-refractivity contribution is 8.00. The molecule has 1 amide bonds. The lowest BCUT2D eigenvalue weighted by Gasteiger charge is -2.43. The predicted octanol–water partition coefficient (Wildman–Crippen LogP) is 2.75. The zero-order valence-electron chi connectivity index (χ0n) is 9.80. The van der Waals surface area contributed by atoms with Gasteiger partial charge in [0, 0.05) is 30.2 Å². The summed E-state index contributed by atoms with van der Waals surface area (Å²) in [4.78, 5) is 15.3. The summed E-state index contributed by atoms with van der Waals surface area (Å²) < 4.78 is 6.17. The molecule has 0 aromatic carbocycles. The molecule has 3 heterocycles. The van der Waals surface area contributed by atoms with Crippen LogP contribution in [0.2, 0.25) is 4.34 Å². The Bertz CT molecular complexity index is 449. The standard InChI is InChI=1S/C12H14ClNO2S2/c13-11-2-1-9(18-11)12(15)14-4-6-17-10-7-16-5-3-8(10)14/h1-2,8,10H,3-7H2/t8-,10+/m0/s1. The van der Waals surface area contributed by atoms with Crippen molar-refractivity contribution in [3.05, 3.63) is 21.3 Å². The Morgan fingerprint density at radius 1 is 1.50 bits per heavy atom. The van der Waals surface area contributed by atoms with Crippen LogP contribution in [-0.4, -0.2) is 47.6 Å². The molecule has 1 aromatic rings. The number of carbonyl (C=O) groups is 1. The molecular formula is C12H14ClNO2S2. The van der Waals surface area contributed by atoms with E-state index in [0.717, 1.165) is 36.8 Å². The van der Waals surface area contributed by atoms with Crippen molar-refractivity contribution >= 4 is 40.6 Å². The summed E-state index contributed by atoms with van der Waals surface area (Å²) >= 11 is 9.20. The van der Waals surface area contributed by atoms with Crippen LogP contribution in [-0.2, 0) is 4.74 Å². The number of ether oxygens (including phenoxy) is 1. The fourth-order valence-corrected chi connectivity index (χ4v) is 4.81. The minimum absolute atomic E-state index is 0.129. The van der Waals surface area contributed by atoms with Crippen molar-refractivity contribution in [2.24, 2.45) is 0 Å². The maximum atomic E-state index is 12.5. The fraction of sp³-hybridized carbons (Fsp3) is 0.583. The third-order valence-electron chi connectivity index (χ3n) is 3.38. The van der Waals surface area contributed by atoms with Crippen molar-refractivity contribution in [3.63, 3.8) is 0 Å². The van der Waals surface area contributed by atoms with Gasteiger partial charge >= 0.3 is 0 Å². The molecule has 3 nitrogen and oxygen atoms in total. The predicted molar refractivity (Wildman–Crippen MR) is 75.8 cm³/mol. The number of fused-ring (bicyclic) bond motifs is 1. The Kier molecular flexibility index (Phi) is 3.84. The lowest BCUT2D eigenvalue weighted by Crippen LogP contribution is -2.54. The summed E-state index contributed by atoms with van der Waals surface area (Å²) in [5.41, 5.74) is 0. The average Bonchev–Trinajstić information content (AvgIpc) is 2.84. The summed E-state index contributed by atoms with van der Waals surface area (Å²) in [6.45, 7) is 2.36. The zero-order chi connectivity index (χ0) is 12.5. The van der Waals surface area contributed by atoms with Gasteiger partial charge in [0.2, 0.25) is 0 Å². The number of carbonyl (C=O) groups excluding carboxylic acids is 1. The molecule has 0 radical (unpaired) electrons. The van der Waals surface area contributed by atoms with Crippen molar-refractivity contribution in [1.29, 1.82) is 0 Å². The van der Waals surface area contributed by atoms with E-state index in [1.54, 1.807) is 6.07 Å². The Morgan fingerprint density at radius 3 is 3.17 bits per heavy atom. The number of nitrogens with zero attached hydrogens (tertiary/aromatic N) is 1. The number of thioether (sulfide) groups is 1. The second-order valence-electron chi connectivity index (χ2n) is 4.44. The van der Waals surface area contributed by atoms with E-state index in [1.165, 1.54) is 11.3 Å². The topological polar surface area (TPSA) is 29.5 Å². The van der Waals surface area contributed by atoms with Crippen LogP contribution in [0.5, 0.6) is 0 Å². The highest BCUT2D eigenvalue weighted by atomic mass is 35.5. The fourth-order valence-electron chi connectivity index (χ4n) is 2.51. The van der Waals surface area contributed by atoms with Gasteiger partial charge in [-0.15, -0.1) is 11.3 Å². The summed E-state index contributed by atoms with van der Waals surface area (Å²) in [5.74, 6) is 1.12. The van der Waals surface area contributed by atoms with Crippen LogP contribution in [0, 0.1) is 0 Å². The van der Waals surface area contributed by atoms with E-state index in [4.69, 9.17) is 16.3 Å². The summed E-state index contributed by atoms with van der Waals surface area (Å²) in [6.07, 6.45) is 0.947. The van der Waals surface area contributed by atoms with Crippen LogP contribution in [0.4, 0.5) is 0 Å². The third kappa shape index (κ3) is 2.41. The average molecular weight is 304 g/mol. The van der Waals surface area contributed by atoms with E-state index in [0.29, 0.717) is 15.6 Å². The first-order chi connectivity index (χ1) is 8.75. The van der Waals surface area contributed by atoms with Gasteiger partial charge in [0.25, 0.3) is 5.91 Å². The summed E-state index contributed by atoms with van der Waals surface area (Å²) in [7, 11) is 0. The Morgan fingerprint density at radius 2 is 2.39 bits per heavy atom. The second-order valence-corrected chi connectivity index (χ2v) is 7.50. The lowest BCUT2D eigenvalue weighted by molar-refractivity contribution is 0.0322. The SMILES string of the molecule is O=C(c1ccc(Cl)s1)N1CCS[C@@H]2COCC[C@@H]21. The minimum Gasteiger partial charge on any atom is -0.380 e. The van der Waals surface area contributed by atoms with Crippen LogP contribution in [0.15, 0.2) is 12.1 Å². The van der Waals surface area contributed by atoms with Gasteiger partial charge in [0.05, 0.1) is 15.8 Å². The molecule has 0 unspecified atom stereocenters. The van der Waals surface area contributed by atoms with Crippen molar-refractivity contribution in [1.82, 2.24) is 4.90 Å². The molecule has 2 aliphatic rings. The molecular weight excluding hydrogens is 290 g/mol. The molecule has 0 spiro atoms. The van der Waals surface area contributed by atoms with Gasteiger partial charge in [-0.1, -0.05) is 11.6 Å². The van der Waals surface area contributed by atoms with Crippen LogP contribution < -0.4 is 0 Å². The molecule has 0 bridgehead atoms. The molecule has 2 saturated heterocycles. The molecule has 2 fully saturated rings. The van der Waals surface area contributed by atoms with Crippen LogP contribution in [0.1, 0.15) is 16.1 Å². The first-order valence-electron chi connectivity index (χ1n) is 6.01. The number of amides is 1. The molecule has 1 aromatic heterocycles. The first kappa shape index (κ1) is 12.8. The maximum Gasteiger partial charge on any atom is 0.264 e. The molecule has 2 atom stereocenters. The normalized spacial score (nSPS) is 27.9. The largest absolute Gasteiger partial charge is 0.380 e.